The van der Waals surface area contributed by atoms with E-state index in [1.165, 1.54) is 9.80 Å². The summed E-state index contributed by atoms with van der Waals surface area (Å²) in [4.78, 5) is 59.3. The van der Waals surface area contributed by atoms with Gasteiger partial charge in [-0.3, -0.25) is 19.2 Å². The number of nitrogens with zero attached hydrogens (tertiary/aromatic N) is 2. The summed E-state index contributed by atoms with van der Waals surface area (Å²) in [6.07, 6.45) is 5.98. The molecule has 1 spiro atoms. The Kier molecular flexibility index (Phi) is 8.80. The highest BCUT2D eigenvalue weighted by molar-refractivity contribution is 6.34. The third-order valence-electron chi connectivity index (χ3n) is 9.49. The first-order valence-corrected chi connectivity index (χ1v) is 16.0. The highest BCUT2D eigenvalue weighted by atomic mass is 35.5. The third kappa shape index (κ3) is 5.32. The molecule has 4 aliphatic heterocycles. The van der Waals surface area contributed by atoms with E-state index in [0.29, 0.717) is 22.7 Å². The normalized spacial score (nSPS) is 32.7. The number of amides is 3. The van der Waals surface area contributed by atoms with Gasteiger partial charge in [0.05, 0.1) is 41.4 Å². The van der Waals surface area contributed by atoms with E-state index in [1.807, 2.05) is 49.4 Å². The van der Waals surface area contributed by atoms with Crippen LogP contribution in [0.2, 0.25) is 5.02 Å². The number of aryl methyl sites for hydroxylation is 1. The van der Waals surface area contributed by atoms with E-state index in [1.54, 1.807) is 44.2 Å². The number of anilines is 1. The number of fused-ring (bicyclic) bond motifs is 2. The molecular formula is C35H38ClN3O7. The maximum absolute atomic E-state index is 14.9. The molecule has 0 aliphatic carbocycles. The fourth-order valence-electron chi connectivity index (χ4n) is 7.34. The van der Waals surface area contributed by atoms with Gasteiger partial charge in [-0.1, -0.05) is 78.4 Å². The number of hydrogen-bond donors (Lipinski definition) is 2. The van der Waals surface area contributed by atoms with E-state index in [2.05, 4.69) is 5.32 Å². The van der Waals surface area contributed by atoms with Gasteiger partial charge >= 0.3 is 5.97 Å². The van der Waals surface area contributed by atoms with Gasteiger partial charge in [-0.15, -0.1) is 0 Å². The SMILES string of the molecule is Cc1cccc(Cl)c1N1C/C=C\CCC(=O)N[C@@H](C)[C@H](c2ccccc2)OC(=O)[C@@H]2[C@H]3C(=O)N([C@H](C)CO)[C@H](C1=O)[C@]31C=C[C@H]2O1. The number of likely N-dealkylation sites (tertiary alicyclic amines) is 1. The number of hydrogen-bond acceptors (Lipinski definition) is 7. The Labute approximate surface area is 273 Å². The number of para-hydroxylation sites is 1. The lowest BCUT2D eigenvalue weighted by molar-refractivity contribution is -0.161. The van der Waals surface area contributed by atoms with Crippen molar-refractivity contribution in [3.05, 3.63) is 89.0 Å². The number of aliphatic hydroxyl groups excluding tert-OH is 1. The minimum atomic E-state index is -1.47. The topological polar surface area (TPSA) is 125 Å². The zero-order valence-corrected chi connectivity index (χ0v) is 26.7. The van der Waals surface area contributed by atoms with Crippen molar-refractivity contribution in [2.45, 2.75) is 69.5 Å². The zero-order valence-electron chi connectivity index (χ0n) is 26.0. The molecule has 5 bridgehead atoms. The van der Waals surface area contributed by atoms with Crippen molar-refractivity contribution in [1.82, 2.24) is 10.2 Å². The minimum absolute atomic E-state index is 0.100. The van der Waals surface area contributed by atoms with Crippen molar-refractivity contribution >= 4 is 41.0 Å². The first-order chi connectivity index (χ1) is 22.1. The summed E-state index contributed by atoms with van der Waals surface area (Å²) in [5.41, 5.74) is 0.432. The van der Waals surface area contributed by atoms with Crippen LogP contribution in [-0.4, -0.2) is 76.7 Å². The first-order valence-electron chi connectivity index (χ1n) is 15.7. The van der Waals surface area contributed by atoms with E-state index in [9.17, 15) is 24.3 Å². The largest absolute Gasteiger partial charge is 0.455 e. The zero-order chi connectivity index (χ0) is 32.7. The van der Waals surface area contributed by atoms with Gasteiger partial charge in [0.15, 0.2) is 0 Å². The van der Waals surface area contributed by atoms with Gasteiger partial charge in [0.1, 0.15) is 23.7 Å². The molecule has 8 atom stereocenters. The maximum atomic E-state index is 14.9. The molecule has 0 saturated carbocycles. The number of allylic oxidation sites excluding steroid dienone is 1. The number of halogens is 1. The standard InChI is InChI=1S/C35H38ClN3O7/c1-20-11-10-14-24(36)29(20)38-18-9-5-8-15-26(41)37-22(3)30(23-12-6-4-7-13-23)45-34(44)27-25-16-17-35(46-25)28(27)32(42)39(21(2)19-40)31(35)33(38)43/h4-7,9-14,16-17,21-22,25,27-28,30-31,40H,8,15,18-19H2,1-3H3,(H,37,41)/b9-5-/t21-,22+,25-,27+,28+,30-,31-,35+/m1/s1. The van der Waals surface area contributed by atoms with Crippen molar-refractivity contribution < 1.29 is 33.8 Å². The molecule has 2 aromatic carbocycles. The van der Waals surface area contributed by atoms with Gasteiger partial charge in [-0.05, 0) is 44.4 Å². The summed E-state index contributed by atoms with van der Waals surface area (Å²) >= 11 is 6.69. The van der Waals surface area contributed by atoms with Gasteiger partial charge in [0.2, 0.25) is 11.8 Å². The van der Waals surface area contributed by atoms with E-state index >= 15 is 0 Å². The summed E-state index contributed by atoms with van der Waals surface area (Å²) in [7, 11) is 0. The third-order valence-corrected chi connectivity index (χ3v) is 9.79. The molecule has 6 rings (SSSR count). The molecule has 10 nitrogen and oxygen atoms in total. The maximum Gasteiger partial charge on any atom is 0.313 e. The van der Waals surface area contributed by atoms with Crippen LogP contribution in [0.5, 0.6) is 0 Å². The van der Waals surface area contributed by atoms with E-state index in [4.69, 9.17) is 21.1 Å². The summed E-state index contributed by atoms with van der Waals surface area (Å²) in [6, 6.07) is 11.9. The van der Waals surface area contributed by atoms with Crippen LogP contribution in [0.3, 0.4) is 0 Å². The second-order valence-corrected chi connectivity index (χ2v) is 12.9. The number of ether oxygens (including phenoxy) is 2. The molecule has 2 fully saturated rings. The average molecular weight is 648 g/mol. The lowest BCUT2D eigenvalue weighted by atomic mass is 9.74. The quantitative estimate of drug-likeness (QED) is 0.383. The monoisotopic (exact) mass is 647 g/mol. The molecule has 46 heavy (non-hydrogen) atoms. The van der Waals surface area contributed by atoms with Crippen LogP contribution < -0.4 is 10.2 Å². The fraction of sp³-hybridized carbons (Fsp3) is 0.429. The average Bonchev–Trinajstić information content (AvgIpc) is 3.69. The lowest BCUT2D eigenvalue weighted by Gasteiger charge is -2.38. The Morgan fingerprint density at radius 2 is 1.83 bits per heavy atom. The predicted octanol–water partition coefficient (Wildman–Crippen LogP) is 3.65. The molecule has 3 amide bonds. The Morgan fingerprint density at radius 1 is 1.07 bits per heavy atom. The van der Waals surface area contributed by atoms with Crippen molar-refractivity contribution in [3.8, 4) is 0 Å². The number of cyclic esters (lactones) is 1. The Bertz CT molecular complexity index is 1580. The second-order valence-electron chi connectivity index (χ2n) is 12.5. The summed E-state index contributed by atoms with van der Waals surface area (Å²) < 4.78 is 12.7. The Hall–Kier alpha value is -3.99. The number of benzene rings is 2. The minimum Gasteiger partial charge on any atom is -0.455 e. The number of aliphatic hydroxyl groups is 1. The van der Waals surface area contributed by atoms with Crippen molar-refractivity contribution in [1.29, 1.82) is 0 Å². The van der Waals surface area contributed by atoms with Crippen LogP contribution in [0.4, 0.5) is 5.69 Å². The highest BCUT2D eigenvalue weighted by Crippen LogP contribution is 2.56. The van der Waals surface area contributed by atoms with Crippen LogP contribution in [0.15, 0.2) is 72.8 Å². The van der Waals surface area contributed by atoms with E-state index < -0.39 is 72.2 Å². The predicted molar refractivity (Wildman–Crippen MR) is 171 cm³/mol. The van der Waals surface area contributed by atoms with Gasteiger partial charge in [0.25, 0.3) is 5.91 Å². The molecule has 4 aliphatic rings. The smallest absolute Gasteiger partial charge is 0.313 e. The lowest BCUT2D eigenvalue weighted by Crippen LogP contribution is -2.58. The Morgan fingerprint density at radius 3 is 2.54 bits per heavy atom. The second kappa shape index (κ2) is 12.7. The number of esters is 1. The molecule has 2 N–H and O–H groups in total. The molecule has 2 aromatic rings. The van der Waals surface area contributed by atoms with Crippen LogP contribution in [0, 0.1) is 18.8 Å². The molecule has 4 heterocycles. The van der Waals surface area contributed by atoms with Crippen molar-refractivity contribution in [2.24, 2.45) is 11.8 Å². The van der Waals surface area contributed by atoms with Crippen LogP contribution in [-0.2, 0) is 28.7 Å². The molecule has 2 saturated heterocycles. The van der Waals surface area contributed by atoms with Gasteiger partial charge in [0, 0.05) is 13.0 Å². The molecule has 242 valence electrons. The van der Waals surface area contributed by atoms with Crippen molar-refractivity contribution in [3.63, 3.8) is 0 Å². The summed E-state index contributed by atoms with van der Waals surface area (Å²) in [5.74, 6) is -3.95. The fourth-order valence-corrected chi connectivity index (χ4v) is 7.67. The summed E-state index contributed by atoms with van der Waals surface area (Å²) in [5, 5.41) is 13.6. The summed E-state index contributed by atoms with van der Waals surface area (Å²) in [6.45, 7) is 4.97. The molecule has 0 unspecified atom stereocenters. The number of carbonyl (C=O) groups excluding carboxylic acids is 4. The highest BCUT2D eigenvalue weighted by Gasteiger charge is 2.74. The Balaban J connectivity index is 1.48. The van der Waals surface area contributed by atoms with Crippen LogP contribution in [0.1, 0.15) is 43.9 Å². The number of carbonyl (C=O) groups is 4. The van der Waals surface area contributed by atoms with Crippen LogP contribution >= 0.6 is 11.6 Å². The van der Waals surface area contributed by atoms with E-state index in [-0.39, 0.29) is 18.9 Å². The molecular weight excluding hydrogens is 610 g/mol. The van der Waals surface area contributed by atoms with Crippen LogP contribution in [0.25, 0.3) is 0 Å². The van der Waals surface area contributed by atoms with Gasteiger partial charge in [-0.2, -0.15) is 0 Å². The van der Waals surface area contributed by atoms with Crippen molar-refractivity contribution in [2.75, 3.05) is 18.1 Å². The number of rotatable bonds is 4. The van der Waals surface area contributed by atoms with Gasteiger partial charge in [-0.25, -0.2) is 0 Å². The molecule has 11 heteroatoms. The first kappa shape index (κ1) is 32.0. The molecule has 0 aromatic heterocycles. The van der Waals surface area contributed by atoms with Gasteiger partial charge < -0.3 is 29.7 Å². The number of nitrogens with one attached hydrogen (secondary N) is 1. The molecule has 0 radical (unpaired) electrons. The van der Waals surface area contributed by atoms with E-state index in [0.717, 1.165) is 5.56 Å².